The van der Waals surface area contributed by atoms with Crippen molar-refractivity contribution in [3.8, 4) is 0 Å². The molecule has 1 aliphatic rings. The zero-order valence-corrected chi connectivity index (χ0v) is 7.62. The lowest BCUT2D eigenvalue weighted by Crippen LogP contribution is -2.34. The number of aliphatic hydroxyl groups is 1. The summed E-state index contributed by atoms with van der Waals surface area (Å²) >= 11 is 0. The predicted octanol–water partition coefficient (Wildman–Crippen LogP) is 0.956. The molecule has 1 fully saturated rings. The number of esters is 1. The molecule has 3 heteroatoms. The van der Waals surface area contributed by atoms with Gasteiger partial charge in [0.1, 0.15) is 0 Å². The van der Waals surface area contributed by atoms with Crippen LogP contribution in [-0.4, -0.2) is 24.3 Å². The van der Waals surface area contributed by atoms with Crippen LogP contribution in [0.4, 0.5) is 0 Å². The lowest BCUT2D eigenvalue weighted by atomic mass is 9.81. The van der Waals surface area contributed by atoms with Crippen LogP contribution in [0.15, 0.2) is 0 Å². The minimum absolute atomic E-state index is 0.269. The van der Waals surface area contributed by atoms with Gasteiger partial charge >= 0.3 is 5.97 Å². The Morgan fingerprint density at radius 2 is 2.17 bits per heavy atom. The second kappa shape index (κ2) is 3.90. The monoisotopic (exact) mass is 172 g/mol. The molecule has 0 aromatic carbocycles. The van der Waals surface area contributed by atoms with Crippen molar-refractivity contribution in [1.82, 2.24) is 0 Å². The first-order valence-electron chi connectivity index (χ1n) is 4.41. The first-order chi connectivity index (χ1) is 5.65. The molecule has 0 radical (unpaired) electrons. The van der Waals surface area contributed by atoms with Gasteiger partial charge in [0.25, 0.3) is 0 Å². The Hall–Kier alpha value is -0.570. The number of carbonyl (C=O) groups is 1. The quantitative estimate of drug-likeness (QED) is 0.599. The van der Waals surface area contributed by atoms with Gasteiger partial charge in [-0.2, -0.15) is 0 Å². The molecule has 0 amide bonds. The van der Waals surface area contributed by atoms with Gasteiger partial charge < -0.3 is 9.84 Å². The number of hydrogen-bond donors (Lipinski definition) is 1. The third-order valence-electron chi connectivity index (χ3n) is 2.58. The molecule has 0 saturated heterocycles. The van der Waals surface area contributed by atoms with Crippen LogP contribution in [0.3, 0.4) is 0 Å². The van der Waals surface area contributed by atoms with Crippen molar-refractivity contribution in [3.63, 3.8) is 0 Å². The third-order valence-corrected chi connectivity index (χ3v) is 2.58. The minimum atomic E-state index is -0.499. The van der Waals surface area contributed by atoms with Gasteiger partial charge in [-0.3, -0.25) is 4.79 Å². The molecular weight excluding hydrogens is 156 g/mol. The maximum atomic E-state index is 11.1. The van der Waals surface area contributed by atoms with E-state index in [0.717, 1.165) is 19.3 Å². The van der Waals surface area contributed by atoms with Crippen molar-refractivity contribution in [2.24, 2.45) is 11.8 Å². The molecular formula is C9H16O3. The van der Waals surface area contributed by atoms with Gasteiger partial charge in [-0.05, 0) is 25.2 Å². The maximum absolute atomic E-state index is 11.1. The van der Waals surface area contributed by atoms with Gasteiger partial charge in [0.15, 0.2) is 0 Å². The number of methoxy groups -OCH3 is 1. The highest BCUT2D eigenvalue weighted by Gasteiger charge is 2.32. The highest BCUT2D eigenvalue weighted by molar-refractivity contribution is 5.73. The molecule has 0 bridgehead atoms. The van der Waals surface area contributed by atoms with E-state index in [4.69, 9.17) is 0 Å². The van der Waals surface area contributed by atoms with Gasteiger partial charge in [0.2, 0.25) is 0 Å². The van der Waals surface area contributed by atoms with Crippen molar-refractivity contribution in [1.29, 1.82) is 0 Å². The van der Waals surface area contributed by atoms with Crippen LogP contribution < -0.4 is 0 Å². The zero-order valence-electron chi connectivity index (χ0n) is 7.62. The van der Waals surface area contributed by atoms with Crippen LogP contribution in [-0.2, 0) is 9.53 Å². The van der Waals surface area contributed by atoms with Crippen molar-refractivity contribution in [3.05, 3.63) is 0 Å². The summed E-state index contributed by atoms with van der Waals surface area (Å²) in [6.07, 6.45) is 1.99. The van der Waals surface area contributed by atoms with E-state index in [2.05, 4.69) is 11.7 Å². The van der Waals surface area contributed by atoms with Crippen molar-refractivity contribution in [2.75, 3.05) is 7.11 Å². The van der Waals surface area contributed by atoms with E-state index >= 15 is 0 Å². The van der Waals surface area contributed by atoms with Crippen molar-refractivity contribution < 1.29 is 14.6 Å². The summed E-state index contributed by atoms with van der Waals surface area (Å²) in [7, 11) is 1.37. The van der Waals surface area contributed by atoms with Gasteiger partial charge in [0, 0.05) is 0 Å². The standard InChI is InChI=1S/C9H16O3/c1-6-3-4-7(8(10)5-6)9(11)12-2/h6-8,10H,3-5H2,1-2H3/t6-,7+,8-/m1/s1. The molecule has 3 atom stereocenters. The van der Waals surface area contributed by atoms with E-state index in [9.17, 15) is 9.90 Å². The Morgan fingerprint density at radius 3 is 2.67 bits per heavy atom. The predicted molar refractivity (Wildman–Crippen MR) is 44.5 cm³/mol. The normalized spacial score (nSPS) is 36.1. The highest BCUT2D eigenvalue weighted by atomic mass is 16.5. The average molecular weight is 172 g/mol. The Morgan fingerprint density at radius 1 is 1.50 bits per heavy atom. The highest BCUT2D eigenvalue weighted by Crippen LogP contribution is 2.29. The Kier molecular flexibility index (Phi) is 3.09. The Labute approximate surface area is 72.7 Å². The van der Waals surface area contributed by atoms with Crippen LogP contribution >= 0.6 is 0 Å². The SMILES string of the molecule is COC(=O)[C@H]1CC[C@@H](C)C[C@H]1O. The molecule has 0 unspecified atom stereocenters. The fourth-order valence-electron chi connectivity index (χ4n) is 1.78. The molecule has 0 aliphatic heterocycles. The molecule has 3 nitrogen and oxygen atoms in total. The molecule has 1 saturated carbocycles. The molecule has 70 valence electrons. The summed E-state index contributed by atoms with van der Waals surface area (Å²) in [5.74, 6) is -0.0264. The zero-order chi connectivity index (χ0) is 9.14. The van der Waals surface area contributed by atoms with E-state index in [1.54, 1.807) is 0 Å². The third kappa shape index (κ3) is 1.97. The minimum Gasteiger partial charge on any atom is -0.469 e. The molecule has 0 spiro atoms. The molecule has 0 aromatic heterocycles. The summed E-state index contributed by atoms with van der Waals surface area (Å²) in [5, 5.41) is 9.54. The van der Waals surface area contributed by atoms with Crippen molar-refractivity contribution >= 4 is 5.97 Å². The van der Waals surface area contributed by atoms with E-state index in [-0.39, 0.29) is 11.9 Å². The van der Waals surface area contributed by atoms with Crippen LogP contribution in [0.1, 0.15) is 26.2 Å². The van der Waals surface area contributed by atoms with Crippen LogP contribution in [0, 0.1) is 11.8 Å². The number of hydrogen-bond acceptors (Lipinski definition) is 3. The summed E-state index contributed by atoms with van der Waals surface area (Å²) in [6, 6.07) is 0. The lowest BCUT2D eigenvalue weighted by molar-refractivity contribution is -0.151. The molecule has 0 heterocycles. The summed E-state index contributed by atoms with van der Waals surface area (Å²) in [6.45, 7) is 2.09. The van der Waals surface area contributed by atoms with Gasteiger partial charge in [0.05, 0.1) is 19.1 Å². The van der Waals surface area contributed by atoms with E-state index in [1.807, 2.05) is 0 Å². The van der Waals surface area contributed by atoms with Crippen LogP contribution in [0.5, 0.6) is 0 Å². The maximum Gasteiger partial charge on any atom is 0.311 e. The number of carbonyl (C=O) groups excluding carboxylic acids is 1. The summed E-state index contributed by atoms with van der Waals surface area (Å²) in [4.78, 5) is 11.1. The van der Waals surface area contributed by atoms with Gasteiger partial charge in [-0.1, -0.05) is 6.92 Å². The first kappa shape index (κ1) is 9.52. The Bertz CT molecular complexity index is 167. The Balaban J connectivity index is 2.50. The van der Waals surface area contributed by atoms with Gasteiger partial charge in [-0.25, -0.2) is 0 Å². The molecule has 0 aromatic rings. The molecule has 1 rings (SSSR count). The smallest absolute Gasteiger partial charge is 0.311 e. The van der Waals surface area contributed by atoms with Crippen LogP contribution in [0.25, 0.3) is 0 Å². The van der Waals surface area contributed by atoms with E-state index < -0.39 is 6.10 Å². The average Bonchev–Trinajstić information content (AvgIpc) is 2.03. The largest absolute Gasteiger partial charge is 0.469 e. The van der Waals surface area contributed by atoms with Gasteiger partial charge in [-0.15, -0.1) is 0 Å². The fourth-order valence-corrected chi connectivity index (χ4v) is 1.78. The second-order valence-corrected chi connectivity index (χ2v) is 3.62. The lowest BCUT2D eigenvalue weighted by Gasteiger charge is -2.29. The number of ether oxygens (including phenoxy) is 1. The molecule has 1 N–H and O–H groups in total. The van der Waals surface area contributed by atoms with Crippen LogP contribution in [0.2, 0.25) is 0 Å². The summed E-state index contributed by atoms with van der Waals surface area (Å²) < 4.78 is 4.60. The van der Waals surface area contributed by atoms with E-state index in [1.165, 1.54) is 7.11 Å². The van der Waals surface area contributed by atoms with Crippen molar-refractivity contribution in [2.45, 2.75) is 32.3 Å². The number of aliphatic hydroxyl groups excluding tert-OH is 1. The summed E-state index contributed by atoms with van der Waals surface area (Å²) in [5.41, 5.74) is 0. The van der Waals surface area contributed by atoms with E-state index in [0.29, 0.717) is 5.92 Å². The fraction of sp³-hybridized carbons (Fsp3) is 0.889. The second-order valence-electron chi connectivity index (χ2n) is 3.62. The number of rotatable bonds is 1. The topological polar surface area (TPSA) is 46.5 Å². The first-order valence-corrected chi connectivity index (χ1v) is 4.41. The molecule has 1 aliphatic carbocycles. The molecule has 12 heavy (non-hydrogen) atoms.